The molecule has 1 saturated heterocycles. The lowest BCUT2D eigenvalue weighted by atomic mass is 10.2. The van der Waals surface area contributed by atoms with Crippen LogP contribution in [0.1, 0.15) is 19.8 Å². The van der Waals surface area contributed by atoms with Gasteiger partial charge in [-0.2, -0.15) is 0 Å². The molecule has 1 aliphatic heterocycles. The molecule has 96 valence electrons. The summed E-state index contributed by atoms with van der Waals surface area (Å²) < 4.78 is 4.84. The SMILES string of the molecule is CCOC(=O)Nc1ccccc1N1CCCC1=O. The van der Waals surface area contributed by atoms with E-state index < -0.39 is 6.09 Å². The molecule has 0 saturated carbocycles. The predicted molar refractivity (Wildman–Crippen MR) is 68.7 cm³/mol. The Hall–Kier alpha value is -2.04. The first-order valence-electron chi connectivity index (χ1n) is 6.05. The summed E-state index contributed by atoms with van der Waals surface area (Å²) in [6, 6.07) is 7.24. The number of benzene rings is 1. The number of nitrogens with zero attached hydrogens (tertiary/aromatic N) is 1. The number of carbonyl (C=O) groups excluding carboxylic acids is 2. The molecule has 1 fully saturated rings. The third-order valence-corrected chi connectivity index (χ3v) is 2.78. The fourth-order valence-corrected chi connectivity index (χ4v) is 1.99. The monoisotopic (exact) mass is 248 g/mol. The van der Waals surface area contributed by atoms with Crippen molar-refractivity contribution in [3.05, 3.63) is 24.3 Å². The van der Waals surface area contributed by atoms with Crippen molar-refractivity contribution in [1.29, 1.82) is 0 Å². The molecule has 0 radical (unpaired) electrons. The van der Waals surface area contributed by atoms with Crippen molar-refractivity contribution in [3.63, 3.8) is 0 Å². The average Bonchev–Trinajstić information content (AvgIpc) is 2.76. The van der Waals surface area contributed by atoms with Crippen LogP contribution in [0.15, 0.2) is 24.3 Å². The van der Waals surface area contributed by atoms with E-state index in [1.165, 1.54) is 0 Å². The summed E-state index contributed by atoms with van der Waals surface area (Å²) in [4.78, 5) is 24.8. The predicted octanol–water partition coefficient (Wildman–Crippen LogP) is 2.38. The Morgan fingerprint density at radius 1 is 1.44 bits per heavy atom. The van der Waals surface area contributed by atoms with Gasteiger partial charge in [-0.3, -0.25) is 10.1 Å². The maximum absolute atomic E-state index is 11.7. The van der Waals surface area contributed by atoms with Crippen LogP contribution in [0.2, 0.25) is 0 Å². The molecule has 0 atom stereocenters. The van der Waals surface area contributed by atoms with Crippen LogP contribution >= 0.6 is 0 Å². The van der Waals surface area contributed by atoms with Gasteiger partial charge in [-0.25, -0.2) is 4.79 Å². The Morgan fingerprint density at radius 3 is 2.89 bits per heavy atom. The lowest BCUT2D eigenvalue weighted by Crippen LogP contribution is -2.25. The van der Waals surface area contributed by atoms with Gasteiger partial charge in [-0.1, -0.05) is 12.1 Å². The van der Waals surface area contributed by atoms with E-state index in [0.29, 0.717) is 25.3 Å². The number of rotatable bonds is 3. The zero-order chi connectivity index (χ0) is 13.0. The highest BCUT2D eigenvalue weighted by Crippen LogP contribution is 2.29. The van der Waals surface area contributed by atoms with Gasteiger partial charge in [0.1, 0.15) is 0 Å². The third-order valence-electron chi connectivity index (χ3n) is 2.78. The molecule has 0 unspecified atom stereocenters. The van der Waals surface area contributed by atoms with Crippen LogP contribution in [-0.2, 0) is 9.53 Å². The number of hydrogen-bond acceptors (Lipinski definition) is 3. The molecule has 0 bridgehead atoms. The quantitative estimate of drug-likeness (QED) is 0.893. The Bertz CT molecular complexity index is 459. The van der Waals surface area contributed by atoms with E-state index in [1.807, 2.05) is 18.2 Å². The van der Waals surface area contributed by atoms with E-state index in [9.17, 15) is 9.59 Å². The van der Waals surface area contributed by atoms with Crippen LogP contribution in [0, 0.1) is 0 Å². The van der Waals surface area contributed by atoms with Gasteiger partial charge in [0.2, 0.25) is 5.91 Å². The van der Waals surface area contributed by atoms with Crippen LogP contribution in [0.25, 0.3) is 0 Å². The Kier molecular flexibility index (Phi) is 3.82. The highest BCUT2D eigenvalue weighted by atomic mass is 16.5. The molecular weight excluding hydrogens is 232 g/mol. The lowest BCUT2D eigenvalue weighted by molar-refractivity contribution is -0.117. The molecule has 1 N–H and O–H groups in total. The number of anilines is 2. The number of nitrogens with one attached hydrogen (secondary N) is 1. The number of carbonyl (C=O) groups is 2. The second-order valence-corrected chi connectivity index (χ2v) is 4.01. The summed E-state index contributed by atoms with van der Waals surface area (Å²) in [5.41, 5.74) is 1.33. The van der Waals surface area contributed by atoms with Gasteiger partial charge in [0.15, 0.2) is 0 Å². The van der Waals surface area contributed by atoms with E-state index in [1.54, 1.807) is 17.9 Å². The van der Waals surface area contributed by atoms with Crippen molar-refractivity contribution in [2.75, 3.05) is 23.4 Å². The van der Waals surface area contributed by atoms with Crippen molar-refractivity contribution in [2.45, 2.75) is 19.8 Å². The van der Waals surface area contributed by atoms with Crippen LogP contribution in [0.5, 0.6) is 0 Å². The molecule has 1 aromatic rings. The second kappa shape index (κ2) is 5.53. The van der Waals surface area contributed by atoms with Crippen molar-refractivity contribution < 1.29 is 14.3 Å². The van der Waals surface area contributed by atoms with Gasteiger partial charge in [0, 0.05) is 13.0 Å². The maximum atomic E-state index is 11.7. The Labute approximate surface area is 106 Å². The fourth-order valence-electron chi connectivity index (χ4n) is 1.99. The first-order valence-corrected chi connectivity index (χ1v) is 6.05. The van der Waals surface area contributed by atoms with E-state index >= 15 is 0 Å². The van der Waals surface area contributed by atoms with Gasteiger partial charge < -0.3 is 9.64 Å². The molecular formula is C13H16N2O3. The molecule has 5 heteroatoms. The number of para-hydroxylation sites is 2. The largest absolute Gasteiger partial charge is 0.450 e. The highest BCUT2D eigenvalue weighted by Gasteiger charge is 2.24. The van der Waals surface area contributed by atoms with Crippen molar-refractivity contribution in [2.24, 2.45) is 0 Å². The first kappa shape index (κ1) is 12.4. The molecule has 0 aliphatic carbocycles. The molecule has 1 heterocycles. The minimum Gasteiger partial charge on any atom is -0.450 e. The standard InChI is InChI=1S/C13H16N2O3/c1-2-18-13(17)14-10-6-3-4-7-11(10)15-9-5-8-12(15)16/h3-4,6-7H,2,5,8-9H2,1H3,(H,14,17). The summed E-state index contributed by atoms with van der Waals surface area (Å²) in [6.07, 6.45) is 0.914. The van der Waals surface area contributed by atoms with E-state index in [0.717, 1.165) is 12.1 Å². The minimum atomic E-state index is -0.503. The lowest BCUT2D eigenvalue weighted by Gasteiger charge is -2.19. The van der Waals surface area contributed by atoms with Crippen LogP contribution in [-0.4, -0.2) is 25.2 Å². The summed E-state index contributed by atoms with van der Waals surface area (Å²) in [5, 5.41) is 2.65. The van der Waals surface area contributed by atoms with E-state index in [-0.39, 0.29) is 5.91 Å². The fraction of sp³-hybridized carbons (Fsp3) is 0.385. The summed E-state index contributed by atoms with van der Waals surface area (Å²) in [7, 11) is 0. The highest BCUT2D eigenvalue weighted by molar-refractivity contribution is 6.00. The normalized spacial score (nSPS) is 14.7. The first-order chi connectivity index (χ1) is 8.72. The molecule has 1 aliphatic rings. The van der Waals surface area contributed by atoms with Crippen molar-refractivity contribution >= 4 is 23.4 Å². The maximum Gasteiger partial charge on any atom is 0.411 e. The molecule has 2 rings (SSSR count). The average molecular weight is 248 g/mol. The van der Waals surface area contributed by atoms with Crippen molar-refractivity contribution in [1.82, 2.24) is 0 Å². The number of hydrogen-bond donors (Lipinski definition) is 1. The summed E-state index contributed by atoms with van der Waals surface area (Å²) in [6.45, 7) is 2.76. The molecule has 18 heavy (non-hydrogen) atoms. The zero-order valence-corrected chi connectivity index (χ0v) is 10.3. The summed E-state index contributed by atoms with van der Waals surface area (Å²) >= 11 is 0. The van der Waals surface area contributed by atoms with Gasteiger partial charge in [-0.05, 0) is 25.5 Å². The zero-order valence-electron chi connectivity index (χ0n) is 10.3. The number of ether oxygens (including phenoxy) is 1. The Balaban J connectivity index is 2.20. The van der Waals surface area contributed by atoms with Gasteiger partial charge in [0.25, 0.3) is 0 Å². The number of amides is 2. The molecule has 0 aromatic heterocycles. The van der Waals surface area contributed by atoms with Gasteiger partial charge in [-0.15, -0.1) is 0 Å². The van der Waals surface area contributed by atoms with Crippen molar-refractivity contribution in [3.8, 4) is 0 Å². The summed E-state index contributed by atoms with van der Waals surface area (Å²) in [5.74, 6) is 0.0908. The van der Waals surface area contributed by atoms with E-state index in [2.05, 4.69) is 5.32 Å². The smallest absolute Gasteiger partial charge is 0.411 e. The van der Waals surface area contributed by atoms with Crippen LogP contribution < -0.4 is 10.2 Å². The molecule has 2 amide bonds. The van der Waals surface area contributed by atoms with E-state index in [4.69, 9.17) is 4.74 Å². The van der Waals surface area contributed by atoms with Crippen LogP contribution in [0.4, 0.5) is 16.2 Å². The van der Waals surface area contributed by atoms with Gasteiger partial charge >= 0.3 is 6.09 Å². The molecule has 1 aromatic carbocycles. The third kappa shape index (κ3) is 2.61. The topological polar surface area (TPSA) is 58.6 Å². The second-order valence-electron chi connectivity index (χ2n) is 4.01. The van der Waals surface area contributed by atoms with Crippen LogP contribution in [0.3, 0.4) is 0 Å². The Morgan fingerprint density at radius 2 is 2.22 bits per heavy atom. The van der Waals surface area contributed by atoms with Gasteiger partial charge in [0.05, 0.1) is 18.0 Å². The molecule has 0 spiro atoms. The minimum absolute atomic E-state index is 0.0908. The molecule has 5 nitrogen and oxygen atoms in total.